The highest BCUT2D eigenvalue weighted by Gasteiger charge is 2.32. The molecule has 4 rings (SSSR count). The summed E-state index contributed by atoms with van der Waals surface area (Å²) in [5.41, 5.74) is 2.63. The third-order valence-electron chi connectivity index (χ3n) is 5.17. The van der Waals surface area contributed by atoms with Crippen LogP contribution in [-0.4, -0.2) is 42.7 Å². The number of rotatable bonds is 3. The molecule has 1 aliphatic heterocycles. The topological polar surface area (TPSA) is 97.7 Å². The number of imidazole rings is 1. The molecule has 3 aromatic rings. The summed E-state index contributed by atoms with van der Waals surface area (Å²) in [4.78, 5) is 29.8. The van der Waals surface area contributed by atoms with Gasteiger partial charge in [0, 0.05) is 14.1 Å². The van der Waals surface area contributed by atoms with Crippen LogP contribution in [-0.2, 0) is 14.1 Å². The second-order valence-corrected chi connectivity index (χ2v) is 7.03. The SMILES string of the molecule is Cc1ccc(C2=NN(CCO)c3nc4c(c(=O)n(C)c(=O)n4C)n3[C@H]2C)cc1. The number of aryl methyl sites for hydroxylation is 2. The van der Waals surface area contributed by atoms with Crippen LogP contribution < -0.4 is 16.3 Å². The van der Waals surface area contributed by atoms with Crippen LogP contribution in [0.25, 0.3) is 11.2 Å². The maximum Gasteiger partial charge on any atom is 0.332 e. The minimum absolute atomic E-state index is 0.126. The zero-order chi connectivity index (χ0) is 20.2. The zero-order valence-corrected chi connectivity index (χ0v) is 16.2. The number of anilines is 1. The lowest BCUT2D eigenvalue weighted by atomic mass is 10.0. The van der Waals surface area contributed by atoms with Gasteiger partial charge in [0.25, 0.3) is 5.56 Å². The van der Waals surface area contributed by atoms with E-state index < -0.39 is 11.2 Å². The summed E-state index contributed by atoms with van der Waals surface area (Å²) >= 11 is 0. The van der Waals surface area contributed by atoms with Crippen LogP contribution in [0.1, 0.15) is 24.1 Å². The van der Waals surface area contributed by atoms with Crippen LogP contribution >= 0.6 is 0 Å². The Labute approximate surface area is 160 Å². The zero-order valence-electron chi connectivity index (χ0n) is 16.2. The second-order valence-electron chi connectivity index (χ2n) is 7.03. The Morgan fingerprint density at radius 2 is 1.79 bits per heavy atom. The number of aliphatic hydroxyl groups excluding tert-OH is 1. The lowest BCUT2D eigenvalue weighted by Crippen LogP contribution is -2.39. The van der Waals surface area contributed by atoms with Crippen molar-refractivity contribution >= 4 is 22.8 Å². The summed E-state index contributed by atoms with van der Waals surface area (Å²) in [7, 11) is 3.05. The predicted molar refractivity (Wildman–Crippen MR) is 107 cm³/mol. The smallest absolute Gasteiger partial charge is 0.332 e. The highest BCUT2D eigenvalue weighted by atomic mass is 16.3. The first-order valence-electron chi connectivity index (χ1n) is 9.07. The molecular formula is C19H22N6O3. The van der Waals surface area contributed by atoms with E-state index in [1.807, 2.05) is 38.1 Å². The molecule has 1 aromatic carbocycles. The predicted octanol–water partition coefficient (Wildman–Crippen LogP) is 0.520. The van der Waals surface area contributed by atoms with E-state index in [9.17, 15) is 14.7 Å². The van der Waals surface area contributed by atoms with E-state index >= 15 is 0 Å². The fourth-order valence-electron chi connectivity index (χ4n) is 3.60. The van der Waals surface area contributed by atoms with E-state index in [-0.39, 0.29) is 19.2 Å². The summed E-state index contributed by atoms with van der Waals surface area (Å²) in [6.07, 6.45) is 0. The quantitative estimate of drug-likeness (QED) is 0.712. The Morgan fingerprint density at radius 1 is 1.11 bits per heavy atom. The van der Waals surface area contributed by atoms with E-state index in [1.165, 1.54) is 11.6 Å². The van der Waals surface area contributed by atoms with Gasteiger partial charge in [-0.3, -0.25) is 18.5 Å². The molecule has 146 valence electrons. The number of aromatic nitrogens is 4. The van der Waals surface area contributed by atoms with E-state index in [0.717, 1.165) is 21.4 Å². The lowest BCUT2D eigenvalue weighted by Gasteiger charge is -2.30. The minimum atomic E-state index is -0.436. The van der Waals surface area contributed by atoms with Crippen molar-refractivity contribution in [3.63, 3.8) is 0 Å². The molecule has 3 heterocycles. The number of aliphatic hydroxyl groups is 1. The lowest BCUT2D eigenvalue weighted by molar-refractivity contribution is 0.300. The molecule has 9 heteroatoms. The van der Waals surface area contributed by atoms with Crippen molar-refractivity contribution in [1.29, 1.82) is 0 Å². The Balaban J connectivity index is 2.03. The summed E-state index contributed by atoms with van der Waals surface area (Å²) in [6.45, 7) is 4.06. The molecule has 1 N–H and O–H groups in total. The van der Waals surface area contributed by atoms with E-state index in [2.05, 4.69) is 4.98 Å². The van der Waals surface area contributed by atoms with Crippen molar-refractivity contribution in [2.45, 2.75) is 19.9 Å². The van der Waals surface area contributed by atoms with Crippen LogP contribution in [0.4, 0.5) is 5.95 Å². The van der Waals surface area contributed by atoms with Gasteiger partial charge in [0.1, 0.15) is 0 Å². The molecular weight excluding hydrogens is 360 g/mol. The first kappa shape index (κ1) is 18.2. The molecule has 1 atom stereocenters. The first-order valence-corrected chi connectivity index (χ1v) is 9.07. The van der Waals surface area contributed by atoms with Gasteiger partial charge in [-0.2, -0.15) is 10.1 Å². The van der Waals surface area contributed by atoms with Crippen molar-refractivity contribution < 1.29 is 5.11 Å². The summed E-state index contributed by atoms with van der Waals surface area (Å²) in [5, 5.41) is 15.8. The van der Waals surface area contributed by atoms with Crippen LogP contribution in [0, 0.1) is 6.92 Å². The number of nitrogens with zero attached hydrogens (tertiary/aromatic N) is 6. The number of β-amino-alcohol motifs (C(OH)–C–C–N with tert-alkyl or cyclic N) is 1. The van der Waals surface area contributed by atoms with E-state index in [0.29, 0.717) is 17.1 Å². The average molecular weight is 382 g/mol. The summed E-state index contributed by atoms with van der Waals surface area (Å²) in [6, 6.07) is 7.71. The Morgan fingerprint density at radius 3 is 2.43 bits per heavy atom. The van der Waals surface area contributed by atoms with Crippen LogP contribution in [0.3, 0.4) is 0 Å². The summed E-state index contributed by atoms with van der Waals surface area (Å²) < 4.78 is 4.24. The van der Waals surface area contributed by atoms with Crippen molar-refractivity contribution in [3.05, 3.63) is 56.2 Å². The normalized spacial score (nSPS) is 16.4. The van der Waals surface area contributed by atoms with Crippen LogP contribution in [0.15, 0.2) is 39.0 Å². The molecule has 1 aliphatic rings. The van der Waals surface area contributed by atoms with Crippen LogP contribution in [0.2, 0.25) is 0 Å². The second kappa shape index (κ2) is 6.45. The molecule has 0 amide bonds. The molecule has 0 spiro atoms. The third-order valence-corrected chi connectivity index (χ3v) is 5.17. The van der Waals surface area contributed by atoms with Gasteiger partial charge in [0.2, 0.25) is 5.95 Å². The first-order chi connectivity index (χ1) is 13.3. The van der Waals surface area contributed by atoms with Gasteiger partial charge in [-0.1, -0.05) is 29.8 Å². The number of hydrogen-bond donors (Lipinski definition) is 1. The maximum atomic E-state index is 12.9. The Bertz CT molecular complexity index is 1220. The molecule has 9 nitrogen and oxygen atoms in total. The molecule has 28 heavy (non-hydrogen) atoms. The highest BCUT2D eigenvalue weighted by molar-refractivity contribution is 6.05. The van der Waals surface area contributed by atoms with Gasteiger partial charge in [-0.15, -0.1) is 0 Å². The monoisotopic (exact) mass is 382 g/mol. The molecule has 0 fully saturated rings. The van der Waals surface area contributed by atoms with Gasteiger partial charge >= 0.3 is 5.69 Å². The average Bonchev–Trinajstić information content (AvgIpc) is 3.09. The fraction of sp³-hybridized carbons (Fsp3) is 0.368. The van der Waals surface area contributed by atoms with Crippen molar-refractivity contribution in [2.75, 3.05) is 18.2 Å². The molecule has 0 aliphatic carbocycles. The van der Waals surface area contributed by atoms with Crippen molar-refractivity contribution in [1.82, 2.24) is 18.7 Å². The standard InChI is InChI=1S/C19H22N6O3/c1-11-5-7-13(8-6-11)14-12(2)25-15-16(20-18(25)24(21-14)9-10-26)22(3)19(28)23(4)17(15)27/h5-8,12,26H,9-10H2,1-4H3/t12-/m0/s1. The Hall–Kier alpha value is -3.20. The molecule has 0 saturated carbocycles. The van der Waals surface area contributed by atoms with Crippen molar-refractivity contribution in [2.24, 2.45) is 19.2 Å². The largest absolute Gasteiger partial charge is 0.394 e. The Kier molecular flexibility index (Phi) is 4.19. The van der Waals surface area contributed by atoms with Gasteiger partial charge in [-0.25, -0.2) is 9.80 Å². The number of fused-ring (bicyclic) bond motifs is 3. The van der Waals surface area contributed by atoms with Crippen molar-refractivity contribution in [3.8, 4) is 0 Å². The van der Waals surface area contributed by atoms with E-state index in [1.54, 1.807) is 16.6 Å². The van der Waals surface area contributed by atoms with Gasteiger partial charge in [-0.05, 0) is 19.4 Å². The molecule has 0 unspecified atom stereocenters. The third kappa shape index (κ3) is 2.50. The molecule has 0 radical (unpaired) electrons. The van der Waals surface area contributed by atoms with Gasteiger partial charge in [0.15, 0.2) is 11.2 Å². The van der Waals surface area contributed by atoms with E-state index in [4.69, 9.17) is 5.10 Å². The maximum absolute atomic E-state index is 12.9. The number of hydrazone groups is 1. The number of hydrogen-bond acceptors (Lipinski definition) is 6. The van der Waals surface area contributed by atoms with Gasteiger partial charge < -0.3 is 5.11 Å². The molecule has 0 bridgehead atoms. The van der Waals surface area contributed by atoms with Gasteiger partial charge in [0.05, 0.1) is 24.9 Å². The highest BCUT2D eigenvalue weighted by Crippen LogP contribution is 2.31. The fourth-order valence-corrected chi connectivity index (χ4v) is 3.60. The minimum Gasteiger partial charge on any atom is -0.394 e. The number of benzene rings is 1. The molecule has 0 saturated heterocycles. The summed E-state index contributed by atoms with van der Waals surface area (Å²) in [5.74, 6) is 0.436. The van der Waals surface area contributed by atoms with Crippen LogP contribution in [0.5, 0.6) is 0 Å². The molecule has 2 aromatic heterocycles.